The van der Waals surface area contributed by atoms with Crippen molar-refractivity contribution in [3.63, 3.8) is 0 Å². The summed E-state index contributed by atoms with van der Waals surface area (Å²) in [6.45, 7) is 7.64. The molecular formula is C23H22N4O2. The highest BCUT2D eigenvalue weighted by Crippen LogP contribution is 2.35. The Morgan fingerprint density at radius 1 is 1.28 bits per heavy atom. The Morgan fingerprint density at radius 3 is 2.90 bits per heavy atom. The monoisotopic (exact) mass is 386 g/mol. The highest BCUT2D eigenvalue weighted by Gasteiger charge is 2.33. The van der Waals surface area contributed by atoms with Crippen LogP contribution in [-0.2, 0) is 11.2 Å². The Balaban J connectivity index is 1.43. The van der Waals surface area contributed by atoms with Crippen LogP contribution < -0.4 is 4.90 Å². The molecule has 1 aromatic heterocycles. The van der Waals surface area contributed by atoms with Crippen LogP contribution in [0.1, 0.15) is 33.0 Å². The van der Waals surface area contributed by atoms with Crippen molar-refractivity contribution in [3.05, 3.63) is 71.4 Å². The van der Waals surface area contributed by atoms with Gasteiger partial charge in [0.1, 0.15) is 0 Å². The third-order valence-electron chi connectivity index (χ3n) is 6.12. The maximum absolute atomic E-state index is 13.3. The molecule has 0 radical (unpaired) electrons. The number of amides is 2. The van der Waals surface area contributed by atoms with Crippen LogP contribution in [0.3, 0.4) is 0 Å². The number of H-pyrrole nitrogens is 1. The highest BCUT2D eigenvalue weighted by molar-refractivity contribution is 6.12. The third-order valence-corrected chi connectivity index (χ3v) is 6.12. The number of aryl methyl sites for hydroxylation is 1. The molecule has 3 heterocycles. The Labute approximate surface area is 168 Å². The fraction of sp³-hybridized carbons (Fsp3) is 0.261. The number of hydrogen-bond acceptors (Lipinski definition) is 3. The SMILES string of the molecule is C=CC(=O)N1CC(c2ccc3c(c2)CCN(c2c(C)ccc4[nH]ncc24)C3=O)C1. The number of likely N-dealkylation sites (tertiary alicyclic amines) is 1. The Hall–Kier alpha value is -3.41. The molecule has 1 fully saturated rings. The summed E-state index contributed by atoms with van der Waals surface area (Å²) < 4.78 is 0. The lowest BCUT2D eigenvalue weighted by Gasteiger charge is -2.39. The predicted octanol–water partition coefficient (Wildman–Crippen LogP) is 3.19. The molecule has 3 aromatic rings. The van der Waals surface area contributed by atoms with Crippen molar-refractivity contribution in [3.8, 4) is 0 Å². The van der Waals surface area contributed by atoms with Crippen molar-refractivity contribution >= 4 is 28.4 Å². The normalized spacial score (nSPS) is 16.7. The first kappa shape index (κ1) is 17.7. The number of aromatic nitrogens is 2. The summed E-state index contributed by atoms with van der Waals surface area (Å²) >= 11 is 0. The molecule has 0 spiro atoms. The molecule has 0 atom stereocenters. The average molecular weight is 386 g/mol. The third kappa shape index (κ3) is 2.75. The molecular weight excluding hydrogens is 364 g/mol. The van der Waals surface area contributed by atoms with E-state index in [1.165, 1.54) is 11.6 Å². The Bertz CT molecular complexity index is 1160. The molecule has 6 heteroatoms. The van der Waals surface area contributed by atoms with Crippen molar-refractivity contribution in [2.75, 3.05) is 24.5 Å². The molecule has 2 aliphatic rings. The number of nitrogens with one attached hydrogen (secondary N) is 1. The molecule has 2 aromatic carbocycles. The number of carbonyl (C=O) groups excluding carboxylic acids is 2. The Kier molecular flexibility index (Phi) is 4.01. The molecule has 0 unspecified atom stereocenters. The predicted molar refractivity (Wildman–Crippen MR) is 112 cm³/mol. The maximum atomic E-state index is 13.3. The van der Waals surface area contributed by atoms with Gasteiger partial charge in [-0.1, -0.05) is 24.8 Å². The quantitative estimate of drug-likeness (QED) is 0.703. The van der Waals surface area contributed by atoms with Crippen LogP contribution in [0.15, 0.2) is 49.2 Å². The minimum Gasteiger partial charge on any atom is -0.338 e. The summed E-state index contributed by atoms with van der Waals surface area (Å²) in [4.78, 5) is 28.6. The zero-order chi connectivity index (χ0) is 20.1. The zero-order valence-electron chi connectivity index (χ0n) is 16.3. The summed E-state index contributed by atoms with van der Waals surface area (Å²) in [5.41, 5.74) is 5.99. The zero-order valence-corrected chi connectivity index (χ0v) is 16.3. The smallest absolute Gasteiger partial charge is 0.258 e. The maximum Gasteiger partial charge on any atom is 0.258 e. The van der Waals surface area contributed by atoms with E-state index in [0.717, 1.165) is 39.7 Å². The molecule has 1 saturated heterocycles. The average Bonchev–Trinajstić information content (AvgIpc) is 3.16. The second-order valence-electron chi connectivity index (χ2n) is 7.83. The summed E-state index contributed by atoms with van der Waals surface area (Å²) in [7, 11) is 0. The standard InChI is InChI=1S/C23H22N4O2/c1-3-21(28)26-12-17(13-26)15-5-6-18-16(10-15)8-9-27(23(18)29)22-14(2)4-7-20-19(22)11-24-25-20/h3-7,10-11,17H,1,8-9,12-13H2,2H3,(H,24,25). The van der Waals surface area contributed by atoms with Gasteiger partial charge in [-0.05, 0) is 48.2 Å². The highest BCUT2D eigenvalue weighted by atomic mass is 16.2. The van der Waals surface area contributed by atoms with E-state index in [2.05, 4.69) is 22.8 Å². The number of nitrogens with zero attached hydrogens (tertiary/aromatic N) is 3. The number of hydrogen-bond donors (Lipinski definition) is 1. The van der Waals surface area contributed by atoms with E-state index in [-0.39, 0.29) is 11.8 Å². The van der Waals surface area contributed by atoms with E-state index in [1.54, 1.807) is 11.1 Å². The first-order chi connectivity index (χ1) is 14.1. The van der Waals surface area contributed by atoms with Gasteiger partial charge in [-0.25, -0.2) is 0 Å². The second kappa shape index (κ2) is 6.58. The minimum absolute atomic E-state index is 0.0196. The molecule has 6 nitrogen and oxygen atoms in total. The molecule has 0 bridgehead atoms. The fourth-order valence-corrected chi connectivity index (χ4v) is 4.44. The van der Waals surface area contributed by atoms with E-state index in [4.69, 9.17) is 0 Å². The molecule has 5 rings (SSSR count). The minimum atomic E-state index is -0.0196. The fourth-order valence-electron chi connectivity index (χ4n) is 4.44. The largest absolute Gasteiger partial charge is 0.338 e. The van der Waals surface area contributed by atoms with E-state index in [9.17, 15) is 9.59 Å². The molecule has 29 heavy (non-hydrogen) atoms. The summed E-state index contributed by atoms with van der Waals surface area (Å²) in [5.74, 6) is 0.347. The van der Waals surface area contributed by atoms with Gasteiger partial charge in [0.2, 0.25) is 5.91 Å². The lowest BCUT2D eigenvalue weighted by Crippen LogP contribution is -2.47. The molecule has 0 saturated carbocycles. The van der Waals surface area contributed by atoms with Gasteiger partial charge in [0.15, 0.2) is 0 Å². The number of aromatic amines is 1. The van der Waals surface area contributed by atoms with Crippen LogP contribution >= 0.6 is 0 Å². The number of rotatable bonds is 3. The van der Waals surface area contributed by atoms with Gasteiger partial charge in [0.05, 0.1) is 17.4 Å². The lowest BCUT2D eigenvalue weighted by molar-refractivity contribution is -0.130. The van der Waals surface area contributed by atoms with Crippen LogP contribution in [0, 0.1) is 6.92 Å². The van der Waals surface area contributed by atoms with E-state index in [0.29, 0.717) is 25.6 Å². The van der Waals surface area contributed by atoms with Crippen LogP contribution in [0.5, 0.6) is 0 Å². The topological polar surface area (TPSA) is 69.3 Å². The molecule has 146 valence electrons. The van der Waals surface area contributed by atoms with Crippen molar-refractivity contribution in [2.45, 2.75) is 19.3 Å². The van der Waals surface area contributed by atoms with Crippen molar-refractivity contribution in [1.29, 1.82) is 0 Å². The van der Waals surface area contributed by atoms with E-state index < -0.39 is 0 Å². The molecule has 1 N–H and O–H groups in total. The van der Waals surface area contributed by atoms with E-state index in [1.807, 2.05) is 36.1 Å². The van der Waals surface area contributed by atoms with Gasteiger partial charge < -0.3 is 9.80 Å². The van der Waals surface area contributed by atoms with Gasteiger partial charge in [-0.3, -0.25) is 14.7 Å². The number of anilines is 1. The number of benzene rings is 2. The van der Waals surface area contributed by atoms with Crippen LogP contribution in [0.25, 0.3) is 10.9 Å². The first-order valence-corrected chi connectivity index (χ1v) is 9.85. The number of carbonyl (C=O) groups is 2. The second-order valence-corrected chi connectivity index (χ2v) is 7.83. The van der Waals surface area contributed by atoms with Gasteiger partial charge in [0, 0.05) is 36.5 Å². The van der Waals surface area contributed by atoms with Gasteiger partial charge in [-0.2, -0.15) is 5.10 Å². The van der Waals surface area contributed by atoms with Crippen LogP contribution in [0.2, 0.25) is 0 Å². The van der Waals surface area contributed by atoms with Crippen LogP contribution in [-0.4, -0.2) is 46.5 Å². The van der Waals surface area contributed by atoms with Crippen LogP contribution in [0.4, 0.5) is 5.69 Å². The number of fused-ring (bicyclic) bond motifs is 2. The first-order valence-electron chi connectivity index (χ1n) is 9.85. The summed E-state index contributed by atoms with van der Waals surface area (Å²) in [6, 6.07) is 10.1. The lowest BCUT2D eigenvalue weighted by atomic mass is 9.87. The van der Waals surface area contributed by atoms with Gasteiger partial charge >= 0.3 is 0 Å². The molecule has 2 amide bonds. The molecule has 0 aliphatic carbocycles. The van der Waals surface area contributed by atoms with Crippen molar-refractivity contribution < 1.29 is 9.59 Å². The Morgan fingerprint density at radius 2 is 2.10 bits per heavy atom. The molecule has 2 aliphatic heterocycles. The summed E-state index contributed by atoms with van der Waals surface area (Å²) in [6.07, 6.45) is 3.96. The van der Waals surface area contributed by atoms with Crippen molar-refractivity contribution in [1.82, 2.24) is 15.1 Å². The van der Waals surface area contributed by atoms with E-state index >= 15 is 0 Å². The summed E-state index contributed by atoms with van der Waals surface area (Å²) in [5, 5.41) is 8.10. The van der Waals surface area contributed by atoms with Gasteiger partial charge in [0.25, 0.3) is 5.91 Å². The van der Waals surface area contributed by atoms with Crippen molar-refractivity contribution in [2.24, 2.45) is 0 Å². The van der Waals surface area contributed by atoms with Gasteiger partial charge in [-0.15, -0.1) is 0 Å².